The summed E-state index contributed by atoms with van der Waals surface area (Å²) in [5.41, 5.74) is 3.07. The molecule has 0 atom stereocenters. The van der Waals surface area contributed by atoms with Crippen molar-refractivity contribution in [1.82, 2.24) is 10.3 Å². The second-order valence-electron chi connectivity index (χ2n) is 5.42. The van der Waals surface area contributed by atoms with Gasteiger partial charge in [-0.25, -0.2) is 9.40 Å². The van der Waals surface area contributed by atoms with E-state index in [4.69, 9.17) is 12.2 Å². The lowest BCUT2D eigenvalue weighted by Gasteiger charge is -2.26. The first kappa shape index (κ1) is 15.6. The minimum absolute atomic E-state index is 0.234. The van der Waals surface area contributed by atoms with E-state index in [9.17, 15) is 4.39 Å². The van der Waals surface area contributed by atoms with E-state index in [2.05, 4.69) is 22.6 Å². The Balaban J connectivity index is 1.66. The lowest BCUT2D eigenvalue weighted by Crippen LogP contribution is -2.39. The molecule has 118 valence electrons. The summed E-state index contributed by atoms with van der Waals surface area (Å²) in [6, 6.07) is 16.6. The van der Waals surface area contributed by atoms with Crippen molar-refractivity contribution in [2.45, 2.75) is 19.4 Å². The van der Waals surface area contributed by atoms with E-state index in [-0.39, 0.29) is 5.82 Å². The molecule has 1 aliphatic heterocycles. The van der Waals surface area contributed by atoms with E-state index in [1.54, 1.807) is 12.1 Å². The minimum Gasteiger partial charge on any atom is -0.357 e. The lowest BCUT2D eigenvalue weighted by atomic mass is 10.0. The molecule has 0 unspecified atom stereocenters. The van der Waals surface area contributed by atoms with Crippen molar-refractivity contribution in [1.29, 1.82) is 0 Å². The summed E-state index contributed by atoms with van der Waals surface area (Å²) in [7, 11) is 0. The Morgan fingerprint density at radius 3 is 2.61 bits per heavy atom. The fourth-order valence-electron chi connectivity index (χ4n) is 2.50. The van der Waals surface area contributed by atoms with Crippen molar-refractivity contribution in [3.63, 3.8) is 0 Å². The number of thiocarbonyl (C=S) groups is 1. The molecule has 1 heterocycles. The van der Waals surface area contributed by atoms with Crippen molar-refractivity contribution in [2.75, 3.05) is 6.54 Å². The minimum atomic E-state index is -0.234. The highest BCUT2D eigenvalue weighted by molar-refractivity contribution is 7.80. The van der Waals surface area contributed by atoms with Crippen LogP contribution in [0.2, 0.25) is 0 Å². The molecule has 0 bridgehead atoms. The predicted molar refractivity (Wildman–Crippen MR) is 94.8 cm³/mol. The standard InChI is InChI=1S/C18H18FN3S/c19-16-10-8-15(9-11-16)17-7-4-12-22(21-17)18(23)20-13-14-5-2-1-3-6-14/h1-3,5-6,8-11H,4,7,12-13H2,(H,20,23). The van der Waals surface area contributed by atoms with Gasteiger partial charge in [-0.1, -0.05) is 42.5 Å². The summed E-state index contributed by atoms with van der Waals surface area (Å²) in [6.07, 6.45) is 1.85. The Hall–Kier alpha value is -2.27. The van der Waals surface area contributed by atoms with Gasteiger partial charge in [0.2, 0.25) is 0 Å². The number of nitrogens with one attached hydrogen (secondary N) is 1. The Kier molecular flexibility index (Phi) is 4.98. The van der Waals surface area contributed by atoms with E-state index < -0.39 is 0 Å². The smallest absolute Gasteiger partial charge is 0.189 e. The van der Waals surface area contributed by atoms with Gasteiger partial charge < -0.3 is 5.32 Å². The number of hydrazone groups is 1. The molecule has 23 heavy (non-hydrogen) atoms. The average molecular weight is 327 g/mol. The van der Waals surface area contributed by atoms with Crippen LogP contribution in [0.4, 0.5) is 4.39 Å². The Labute approximate surface area is 140 Å². The van der Waals surface area contributed by atoms with E-state index in [0.717, 1.165) is 30.7 Å². The molecule has 0 amide bonds. The maximum atomic E-state index is 13.0. The molecule has 5 heteroatoms. The van der Waals surface area contributed by atoms with Gasteiger partial charge in [0.15, 0.2) is 5.11 Å². The zero-order chi connectivity index (χ0) is 16.1. The summed E-state index contributed by atoms with van der Waals surface area (Å²) in [4.78, 5) is 0. The van der Waals surface area contributed by atoms with E-state index in [1.807, 2.05) is 23.2 Å². The molecule has 2 aromatic carbocycles. The summed E-state index contributed by atoms with van der Waals surface area (Å²) in [5.74, 6) is -0.234. The number of rotatable bonds is 3. The number of hydrogen-bond donors (Lipinski definition) is 1. The van der Waals surface area contributed by atoms with Crippen molar-refractivity contribution in [2.24, 2.45) is 5.10 Å². The van der Waals surface area contributed by atoms with Crippen molar-refractivity contribution >= 4 is 23.0 Å². The van der Waals surface area contributed by atoms with Crippen LogP contribution < -0.4 is 5.32 Å². The van der Waals surface area contributed by atoms with Gasteiger partial charge >= 0.3 is 0 Å². The van der Waals surface area contributed by atoms with Crippen LogP contribution in [0.5, 0.6) is 0 Å². The molecule has 0 fully saturated rings. The summed E-state index contributed by atoms with van der Waals surface area (Å²) >= 11 is 5.44. The maximum absolute atomic E-state index is 13.0. The van der Waals surface area contributed by atoms with Gasteiger partial charge in [-0.05, 0) is 48.3 Å². The van der Waals surface area contributed by atoms with Crippen LogP contribution in [-0.2, 0) is 6.54 Å². The van der Waals surface area contributed by atoms with Crippen LogP contribution in [0.1, 0.15) is 24.0 Å². The zero-order valence-electron chi connectivity index (χ0n) is 12.7. The number of benzene rings is 2. The molecule has 3 rings (SSSR count). The van der Waals surface area contributed by atoms with Crippen LogP contribution in [0.15, 0.2) is 59.7 Å². The molecule has 0 saturated carbocycles. The molecule has 1 N–H and O–H groups in total. The van der Waals surface area contributed by atoms with Crippen LogP contribution >= 0.6 is 12.2 Å². The second-order valence-corrected chi connectivity index (χ2v) is 5.81. The molecule has 1 aliphatic rings. The third kappa shape index (κ3) is 4.13. The largest absolute Gasteiger partial charge is 0.357 e. The first-order valence-electron chi connectivity index (χ1n) is 7.65. The Morgan fingerprint density at radius 2 is 1.87 bits per heavy atom. The van der Waals surface area contributed by atoms with Gasteiger partial charge in [0.25, 0.3) is 0 Å². The summed E-state index contributed by atoms with van der Waals surface area (Å²) in [5, 5.41) is 10.3. The molecule has 0 saturated heterocycles. The average Bonchev–Trinajstić information content (AvgIpc) is 2.61. The summed E-state index contributed by atoms with van der Waals surface area (Å²) in [6.45, 7) is 1.48. The number of hydrogen-bond acceptors (Lipinski definition) is 2. The van der Waals surface area contributed by atoms with Crippen LogP contribution in [0.3, 0.4) is 0 Å². The van der Waals surface area contributed by atoms with Crippen LogP contribution in [0.25, 0.3) is 0 Å². The third-order valence-corrected chi connectivity index (χ3v) is 4.08. The molecule has 3 nitrogen and oxygen atoms in total. The molecule has 0 aromatic heterocycles. The van der Waals surface area contributed by atoms with E-state index >= 15 is 0 Å². The lowest BCUT2D eigenvalue weighted by molar-refractivity contribution is 0.410. The Morgan fingerprint density at radius 1 is 1.13 bits per heavy atom. The topological polar surface area (TPSA) is 27.6 Å². The van der Waals surface area contributed by atoms with Gasteiger partial charge in [-0.2, -0.15) is 5.10 Å². The highest BCUT2D eigenvalue weighted by Crippen LogP contribution is 2.15. The normalized spacial score (nSPS) is 14.3. The molecule has 0 spiro atoms. The van der Waals surface area contributed by atoms with Gasteiger partial charge in [-0.3, -0.25) is 0 Å². The van der Waals surface area contributed by atoms with Crippen molar-refractivity contribution in [3.8, 4) is 0 Å². The highest BCUT2D eigenvalue weighted by Gasteiger charge is 2.16. The van der Waals surface area contributed by atoms with E-state index in [0.29, 0.717) is 11.7 Å². The van der Waals surface area contributed by atoms with Crippen LogP contribution in [-0.4, -0.2) is 22.4 Å². The maximum Gasteiger partial charge on any atom is 0.189 e. The first-order chi connectivity index (χ1) is 11.2. The van der Waals surface area contributed by atoms with Gasteiger partial charge in [0.05, 0.1) is 5.71 Å². The molecular formula is C18H18FN3S. The molecule has 2 aromatic rings. The zero-order valence-corrected chi connectivity index (χ0v) is 13.5. The fourth-order valence-corrected chi connectivity index (χ4v) is 2.70. The number of nitrogens with zero attached hydrogens (tertiary/aromatic N) is 2. The number of halogens is 1. The molecule has 0 aliphatic carbocycles. The van der Waals surface area contributed by atoms with Gasteiger partial charge in [0, 0.05) is 13.1 Å². The fraction of sp³-hybridized carbons (Fsp3) is 0.222. The Bertz CT molecular complexity index is 698. The highest BCUT2D eigenvalue weighted by atomic mass is 32.1. The molecule has 0 radical (unpaired) electrons. The first-order valence-corrected chi connectivity index (χ1v) is 8.06. The van der Waals surface area contributed by atoms with Gasteiger partial charge in [0.1, 0.15) is 5.82 Å². The monoisotopic (exact) mass is 327 g/mol. The second kappa shape index (κ2) is 7.33. The quantitative estimate of drug-likeness (QED) is 0.871. The SMILES string of the molecule is Fc1ccc(C2=NN(C(=S)NCc3ccccc3)CCC2)cc1. The summed E-state index contributed by atoms with van der Waals surface area (Å²) < 4.78 is 13.0. The third-order valence-electron chi connectivity index (χ3n) is 3.72. The van der Waals surface area contributed by atoms with Crippen molar-refractivity contribution in [3.05, 3.63) is 71.5 Å². The van der Waals surface area contributed by atoms with E-state index in [1.165, 1.54) is 17.7 Å². The van der Waals surface area contributed by atoms with Crippen molar-refractivity contribution < 1.29 is 4.39 Å². The van der Waals surface area contributed by atoms with Crippen LogP contribution in [0, 0.1) is 5.82 Å². The van der Waals surface area contributed by atoms with Gasteiger partial charge in [-0.15, -0.1) is 0 Å². The predicted octanol–water partition coefficient (Wildman–Crippen LogP) is 3.70. The molecular weight excluding hydrogens is 309 g/mol.